The number of carbonyl (C=O) groups excluding carboxylic acids is 1. The third kappa shape index (κ3) is 4.79. The molecule has 7 nitrogen and oxygen atoms in total. The predicted octanol–water partition coefficient (Wildman–Crippen LogP) is 2.34. The first-order valence-electron chi connectivity index (χ1n) is 8.40. The quantitative estimate of drug-likeness (QED) is 0.637. The minimum Gasteiger partial charge on any atom is -0.383 e. The van der Waals surface area contributed by atoms with Crippen LogP contribution in [0.15, 0.2) is 29.7 Å². The van der Waals surface area contributed by atoms with E-state index in [1.54, 1.807) is 19.5 Å². The Balaban J connectivity index is 2.25. The monoisotopic (exact) mass is 363 g/mol. The van der Waals surface area contributed by atoms with Crippen LogP contribution in [-0.2, 0) is 16.1 Å². The molecule has 1 unspecified atom stereocenters. The van der Waals surface area contributed by atoms with Crippen molar-refractivity contribution in [3.05, 3.63) is 24.5 Å². The van der Waals surface area contributed by atoms with Crippen molar-refractivity contribution < 1.29 is 9.53 Å². The molecule has 0 spiro atoms. The zero-order valence-electron chi connectivity index (χ0n) is 15.2. The SMILES string of the molecule is CCN(CC)C(=O)C(C)Sc1nnc(-c2ccncc2)n1CCOC. The maximum absolute atomic E-state index is 12.5. The van der Waals surface area contributed by atoms with Gasteiger partial charge in [0.2, 0.25) is 5.91 Å². The van der Waals surface area contributed by atoms with E-state index in [1.807, 2.05) is 42.4 Å². The van der Waals surface area contributed by atoms with Crippen molar-refractivity contribution in [2.45, 2.75) is 37.7 Å². The second-order valence-corrected chi connectivity index (χ2v) is 6.77. The highest BCUT2D eigenvalue weighted by atomic mass is 32.2. The number of ether oxygens (including phenoxy) is 1. The molecule has 0 saturated carbocycles. The summed E-state index contributed by atoms with van der Waals surface area (Å²) < 4.78 is 7.21. The summed E-state index contributed by atoms with van der Waals surface area (Å²) in [5, 5.41) is 9.12. The number of thioether (sulfide) groups is 1. The number of hydrogen-bond acceptors (Lipinski definition) is 6. The lowest BCUT2D eigenvalue weighted by Crippen LogP contribution is -2.36. The Hall–Kier alpha value is -1.93. The van der Waals surface area contributed by atoms with Gasteiger partial charge in [-0.3, -0.25) is 14.3 Å². The summed E-state index contributed by atoms with van der Waals surface area (Å²) in [6.07, 6.45) is 3.45. The molecule has 0 aliphatic heterocycles. The van der Waals surface area contributed by atoms with Crippen molar-refractivity contribution in [2.24, 2.45) is 0 Å². The summed E-state index contributed by atoms with van der Waals surface area (Å²) in [5.41, 5.74) is 0.938. The Kier molecular flexibility index (Phi) is 7.39. The number of hydrogen-bond donors (Lipinski definition) is 0. The van der Waals surface area contributed by atoms with Gasteiger partial charge >= 0.3 is 0 Å². The van der Waals surface area contributed by atoms with Crippen molar-refractivity contribution in [1.29, 1.82) is 0 Å². The van der Waals surface area contributed by atoms with Crippen LogP contribution in [0.5, 0.6) is 0 Å². The molecular formula is C17H25N5O2S. The van der Waals surface area contributed by atoms with Crippen molar-refractivity contribution in [2.75, 3.05) is 26.8 Å². The topological polar surface area (TPSA) is 73.1 Å². The number of amides is 1. The van der Waals surface area contributed by atoms with E-state index in [9.17, 15) is 4.79 Å². The fourth-order valence-corrected chi connectivity index (χ4v) is 3.43. The average Bonchev–Trinajstić information content (AvgIpc) is 3.04. The molecule has 0 radical (unpaired) electrons. The molecule has 0 aliphatic carbocycles. The Labute approximate surface area is 152 Å². The van der Waals surface area contributed by atoms with Crippen molar-refractivity contribution in [3.63, 3.8) is 0 Å². The standard InChI is InChI=1S/C17H25N5O2S/c1-5-21(6-2)16(23)13(3)25-17-20-19-15(22(17)11-12-24-4)14-7-9-18-10-8-14/h7-10,13H,5-6,11-12H2,1-4H3. The summed E-state index contributed by atoms with van der Waals surface area (Å²) >= 11 is 1.43. The van der Waals surface area contributed by atoms with Crippen molar-refractivity contribution in [3.8, 4) is 11.4 Å². The average molecular weight is 363 g/mol. The predicted molar refractivity (Wildman–Crippen MR) is 98.4 cm³/mol. The number of methoxy groups -OCH3 is 1. The first-order valence-corrected chi connectivity index (χ1v) is 9.28. The largest absolute Gasteiger partial charge is 0.383 e. The summed E-state index contributed by atoms with van der Waals surface area (Å²) in [7, 11) is 1.66. The highest BCUT2D eigenvalue weighted by Crippen LogP contribution is 2.27. The molecule has 0 fully saturated rings. The smallest absolute Gasteiger partial charge is 0.235 e. The normalized spacial score (nSPS) is 12.2. The van der Waals surface area contributed by atoms with Gasteiger partial charge in [0.05, 0.1) is 18.4 Å². The van der Waals surface area contributed by atoms with Crippen molar-refractivity contribution in [1.82, 2.24) is 24.6 Å². The number of rotatable bonds is 9. The minimum atomic E-state index is -0.226. The third-order valence-electron chi connectivity index (χ3n) is 3.88. The summed E-state index contributed by atoms with van der Waals surface area (Å²) in [5.74, 6) is 0.867. The highest BCUT2D eigenvalue weighted by molar-refractivity contribution is 8.00. The molecule has 0 N–H and O–H groups in total. The van der Waals surface area contributed by atoms with Crippen LogP contribution in [0.3, 0.4) is 0 Å². The fraction of sp³-hybridized carbons (Fsp3) is 0.529. The van der Waals surface area contributed by atoms with Gasteiger partial charge in [-0.1, -0.05) is 11.8 Å². The van der Waals surface area contributed by atoms with E-state index in [0.29, 0.717) is 26.2 Å². The molecule has 136 valence electrons. The van der Waals surface area contributed by atoms with E-state index >= 15 is 0 Å². The van der Waals surface area contributed by atoms with E-state index in [1.165, 1.54) is 11.8 Å². The number of carbonyl (C=O) groups is 1. The van der Waals surface area contributed by atoms with Gasteiger partial charge in [-0.2, -0.15) is 0 Å². The lowest BCUT2D eigenvalue weighted by Gasteiger charge is -2.22. The molecule has 0 saturated heterocycles. The molecule has 1 amide bonds. The molecule has 2 aromatic rings. The van der Waals surface area contributed by atoms with Crippen molar-refractivity contribution >= 4 is 17.7 Å². The lowest BCUT2D eigenvalue weighted by atomic mass is 10.2. The number of nitrogens with zero attached hydrogens (tertiary/aromatic N) is 5. The zero-order valence-corrected chi connectivity index (χ0v) is 16.0. The molecule has 1 atom stereocenters. The molecule has 8 heteroatoms. The van der Waals surface area contributed by atoms with Gasteiger partial charge in [0, 0.05) is 38.2 Å². The second-order valence-electron chi connectivity index (χ2n) is 5.46. The van der Waals surface area contributed by atoms with Crippen LogP contribution in [0.2, 0.25) is 0 Å². The van der Waals surface area contributed by atoms with Gasteiger partial charge in [-0.05, 0) is 32.9 Å². The van der Waals surface area contributed by atoms with E-state index in [4.69, 9.17) is 4.74 Å². The summed E-state index contributed by atoms with van der Waals surface area (Å²) in [4.78, 5) is 18.4. The molecule has 25 heavy (non-hydrogen) atoms. The van der Waals surface area contributed by atoms with E-state index in [0.717, 1.165) is 16.5 Å². The van der Waals surface area contributed by atoms with Gasteiger partial charge in [0.25, 0.3) is 0 Å². The minimum absolute atomic E-state index is 0.113. The Bertz CT molecular complexity index is 673. The Morgan fingerprint density at radius 3 is 2.56 bits per heavy atom. The summed E-state index contributed by atoms with van der Waals surface area (Å²) in [6.45, 7) is 8.46. The molecule has 2 heterocycles. The van der Waals surface area contributed by atoms with E-state index in [2.05, 4.69) is 15.2 Å². The van der Waals surface area contributed by atoms with E-state index in [-0.39, 0.29) is 11.2 Å². The van der Waals surface area contributed by atoms with Gasteiger partial charge in [-0.15, -0.1) is 10.2 Å². The molecule has 0 aromatic carbocycles. The van der Waals surface area contributed by atoms with Gasteiger partial charge in [0.15, 0.2) is 11.0 Å². The number of aromatic nitrogens is 4. The van der Waals surface area contributed by atoms with Crippen LogP contribution in [0, 0.1) is 0 Å². The molecule has 0 bridgehead atoms. The first kappa shape index (κ1) is 19.4. The maximum atomic E-state index is 12.5. The summed E-state index contributed by atoms with van der Waals surface area (Å²) in [6, 6.07) is 3.79. The molecular weight excluding hydrogens is 338 g/mol. The molecule has 0 aliphatic rings. The third-order valence-corrected chi connectivity index (χ3v) is 4.95. The van der Waals surface area contributed by atoms with Crippen LogP contribution in [0.4, 0.5) is 0 Å². The highest BCUT2D eigenvalue weighted by Gasteiger charge is 2.23. The second kappa shape index (κ2) is 9.53. The molecule has 2 aromatic heterocycles. The Morgan fingerprint density at radius 1 is 1.28 bits per heavy atom. The number of pyridine rings is 1. The maximum Gasteiger partial charge on any atom is 0.235 e. The first-order chi connectivity index (χ1) is 12.1. The van der Waals surface area contributed by atoms with E-state index < -0.39 is 0 Å². The lowest BCUT2D eigenvalue weighted by molar-refractivity contribution is -0.129. The van der Waals surface area contributed by atoms with Gasteiger partial charge in [-0.25, -0.2) is 0 Å². The van der Waals surface area contributed by atoms with Crippen LogP contribution < -0.4 is 0 Å². The Morgan fingerprint density at radius 2 is 1.96 bits per heavy atom. The van der Waals surface area contributed by atoms with Gasteiger partial charge in [0.1, 0.15) is 0 Å². The van der Waals surface area contributed by atoms with Gasteiger partial charge < -0.3 is 9.64 Å². The molecule has 2 rings (SSSR count). The zero-order chi connectivity index (χ0) is 18.2. The van der Waals surface area contributed by atoms with Crippen LogP contribution in [-0.4, -0.2) is 62.6 Å². The fourth-order valence-electron chi connectivity index (χ4n) is 2.48. The van der Waals surface area contributed by atoms with Crippen LogP contribution in [0.1, 0.15) is 20.8 Å². The van der Waals surface area contributed by atoms with Crippen LogP contribution in [0.25, 0.3) is 11.4 Å². The van der Waals surface area contributed by atoms with Crippen LogP contribution >= 0.6 is 11.8 Å².